The minimum atomic E-state index is -0.947. The third kappa shape index (κ3) is 2.61. The highest BCUT2D eigenvalue weighted by Gasteiger charge is 2.29. The zero-order chi connectivity index (χ0) is 14.7. The molecule has 0 saturated heterocycles. The fourth-order valence-corrected chi connectivity index (χ4v) is 2.06. The lowest BCUT2D eigenvalue weighted by molar-refractivity contribution is -0.142. The van der Waals surface area contributed by atoms with E-state index in [-0.39, 0.29) is 5.92 Å². The Hall–Kier alpha value is -2.44. The monoisotopic (exact) mass is 275 g/mol. The van der Waals surface area contributed by atoms with Crippen molar-refractivity contribution in [3.63, 3.8) is 0 Å². The van der Waals surface area contributed by atoms with Crippen LogP contribution in [0, 0.1) is 5.92 Å². The summed E-state index contributed by atoms with van der Waals surface area (Å²) in [6, 6.07) is 6.25. The average Bonchev–Trinajstić information content (AvgIpc) is 2.87. The van der Waals surface area contributed by atoms with Crippen LogP contribution in [0.15, 0.2) is 24.3 Å². The molecule has 0 aliphatic rings. The summed E-state index contributed by atoms with van der Waals surface area (Å²) < 4.78 is 1.35. The summed E-state index contributed by atoms with van der Waals surface area (Å²) in [5.41, 5.74) is 7.02. The molecule has 0 bridgehead atoms. The molecule has 2 unspecified atom stereocenters. The van der Waals surface area contributed by atoms with Crippen LogP contribution >= 0.6 is 0 Å². The number of aromatic nitrogens is 4. The largest absolute Gasteiger partial charge is 0.480 e. The molecule has 7 heteroatoms. The number of hydrogen-bond acceptors (Lipinski definition) is 5. The molecular weight excluding hydrogens is 258 g/mol. The molecule has 20 heavy (non-hydrogen) atoms. The highest BCUT2D eigenvalue weighted by atomic mass is 16.4. The van der Waals surface area contributed by atoms with Gasteiger partial charge in [-0.1, -0.05) is 32.4 Å². The second-order valence-electron chi connectivity index (χ2n) is 4.74. The van der Waals surface area contributed by atoms with Crippen LogP contribution in [0.25, 0.3) is 11.4 Å². The lowest BCUT2D eigenvalue weighted by atomic mass is 9.99. The molecule has 1 heterocycles. The van der Waals surface area contributed by atoms with Crippen molar-refractivity contribution in [1.29, 1.82) is 0 Å². The first-order valence-electron chi connectivity index (χ1n) is 6.41. The summed E-state index contributed by atoms with van der Waals surface area (Å²) in [6.45, 7) is 3.80. The molecule has 2 rings (SSSR count). The van der Waals surface area contributed by atoms with Crippen molar-refractivity contribution < 1.29 is 9.90 Å². The van der Waals surface area contributed by atoms with Crippen LogP contribution in [0.2, 0.25) is 0 Å². The molecule has 0 aliphatic carbocycles. The van der Waals surface area contributed by atoms with Crippen molar-refractivity contribution in [2.24, 2.45) is 5.92 Å². The first kappa shape index (κ1) is 14.0. The van der Waals surface area contributed by atoms with Crippen LogP contribution in [-0.2, 0) is 4.79 Å². The predicted molar refractivity (Wildman–Crippen MR) is 73.8 cm³/mol. The molecule has 1 aromatic carbocycles. The van der Waals surface area contributed by atoms with Crippen molar-refractivity contribution in [3.8, 4) is 11.4 Å². The highest BCUT2D eigenvalue weighted by molar-refractivity contribution is 5.73. The van der Waals surface area contributed by atoms with Gasteiger partial charge in [-0.2, -0.15) is 0 Å². The van der Waals surface area contributed by atoms with Gasteiger partial charge in [0.25, 0.3) is 0 Å². The van der Waals surface area contributed by atoms with Gasteiger partial charge in [-0.25, -0.2) is 9.48 Å². The van der Waals surface area contributed by atoms with Gasteiger partial charge in [0.2, 0.25) is 0 Å². The summed E-state index contributed by atoms with van der Waals surface area (Å²) in [5.74, 6) is -0.627. The molecule has 0 saturated carbocycles. The number of carboxylic acid groups (broad SMARTS) is 1. The number of carbonyl (C=O) groups is 1. The quantitative estimate of drug-likeness (QED) is 0.802. The fourth-order valence-electron chi connectivity index (χ4n) is 2.06. The number of tetrazole rings is 1. The number of benzene rings is 1. The van der Waals surface area contributed by atoms with Gasteiger partial charge in [0.15, 0.2) is 11.9 Å². The van der Waals surface area contributed by atoms with Crippen LogP contribution < -0.4 is 5.73 Å². The summed E-state index contributed by atoms with van der Waals surface area (Å²) in [4.78, 5) is 11.5. The van der Waals surface area contributed by atoms with E-state index in [0.717, 1.165) is 0 Å². The van der Waals surface area contributed by atoms with Crippen LogP contribution in [0.3, 0.4) is 0 Å². The lowest BCUT2D eigenvalue weighted by Gasteiger charge is -2.19. The Kier molecular flexibility index (Phi) is 3.97. The van der Waals surface area contributed by atoms with Crippen molar-refractivity contribution in [2.75, 3.05) is 5.73 Å². The van der Waals surface area contributed by atoms with E-state index in [1.807, 2.05) is 13.8 Å². The van der Waals surface area contributed by atoms with E-state index in [2.05, 4.69) is 15.5 Å². The Labute approximate surface area is 116 Å². The van der Waals surface area contributed by atoms with Gasteiger partial charge < -0.3 is 10.8 Å². The Bertz CT molecular complexity index is 610. The summed E-state index contributed by atoms with van der Waals surface area (Å²) >= 11 is 0. The predicted octanol–water partition coefficient (Wildman–Crippen LogP) is 1.59. The summed E-state index contributed by atoms with van der Waals surface area (Å²) in [6.07, 6.45) is 0.715. The maximum Gasteiger partial charge on any atom is 0.328 e. The second kappa shape index (κ2) is 5.68. The van der Waals surface area contributed by atoms with Crippen LogP contribution in [0.5, 0.6) is 0 Å². The first-order chi connectivity index (χ1) is 9.54. The highest BCUT2D eigenvalue weighted by Crippen LogP contribution is 2.26. The zero-order valence-corrected chi connectivity index (χ0v) is 11.4. The van der Waals surface area contributed by atoms with Crippen LogP contribution in [-0.4, -0.2) is 31.3 Å². The SMILES string of the molecule is CCC(C)C(C(=O)O)n1nnnc1-c1cccc(N)c1. The number of nitrogen functional groups attached to an aromatic ring is 1. The number of hydrogen-bond donors (Lipinski definition) is 2. The standard InChI is InChI=1S/C13H17N5O2/c1-3-8(2)11(13(19)20)18-12(15-16-17-18)9-5-4-6-10(14)7-9/h4-8,11H,3,14H2,1-2H3,(H,19,20). The zero-order valence-electron chi connectivity index (χ0n) is 11.4. The van der Waals surface area contributed by atoms with Gasteiger partial charge in [0.05, 0.1) is 0 Å². The average molecular weight is 275 g/mol. The molecule has 2 atom stereocenters. The van der Waals surface area contributed by atoms with Gasteiger partial charge >= 0.3 is 5.97 Å². The Balaban J connectivity index is 2.49. The van der Waals surface area contributed by atoms with Crippen LogP contribution in [0.4, 0.5) is 5.69 Å². The maximum absolute atomic E-state index is 11.5. The van der Waals surface area contributed by atoms with Gasteiger partial charge in [-0.15, -0.1) is 5.10 Å². The smallest absolute Gasteiger partial charge is 0.328 e. The van der Waals surface area contributed by atoms with E-state index in [1.165, 1.54) is 4.68 Å². The minimum absolute atomic E-state index is 0.0872. The Morgan fingerprint density at radius 3 is 2.85 bits per heavy atom. The van der Waals surface area contributed by atoms with E-state index in [4.69, 9.17) is 5.73 Å². The molecule has 7 nitrogen and oxygen atoms in total. The number of nitrogens with two attached hydrogens (primary N) is 1. The van der Waals surface area contributed by atoms with Crippen molar-refractivity contribution in [1.82, 2.24) is 20.2 Å². The summed E-state index contributed by atoms with van der Waals surface area (Å²) in [5, 5.41) is 20.8. The van der Waals surface area contributed by atoms with E-state index in [0.29, 0.717) is 23.5 Å². The Morgan fingerprint density at radius 1 is 1.50 bits per heavy atom. The fraction of sp³-hybridized carbons (Fsp3) is 0.385. The van der Waals surface area contributed by atoms with E-state index < -0.39 is 12.0 Å². The molecule has 0 aliphatic heterocycles. The van der Waals surface area contributed by atoms with E-state index in [9.17, 15) is 9.90 Å². The normalized spacial score (nSPS) is 13.9. The van der Waals surface area contributed by atoms with Crippen molar-refractivity contribution in [2.45, 2.75) is 26.3 Å². The molecule has 0 fully saturated rings. The number of nitrogens with zero attached hydrogens (tertiary/aromatic N) is 4. The molecule has 106 valence electrons. The van der Waals surface area contributed by atoms with Crippen molar-refractivity contribution >= 4 is 11.7 Å². The molecule has 0 spiro atoms. The third-order valence-corrected chi connectivity index (χ3v) is 3.34. The van der Waals surface area contributed by atoms with Crippen molar-refractivity contribution in [3.05, 3.63) is 24.3 Å². The number of anilines is 1. The van der Waals surface area contributed by atoms with Gasteiger partial charge in [0, 0.05) is 11.3 Å². The lowest BCUT2D eigenvalue weighted by Crippen LogP contribution is -2.27. The molecule has 0 amide bonds. The number of aliphatic carboxylic acids is 1. The first-order valence-corrected chi connectivity index (χ1v) is 6.41. The van der Waals surface area contributed by atoms with Crippen LogP contribution in [0.1, 0.15) is 26.3 Å². The van der Waals surface area contributed by atoms with Gasteiger partial charge in [-0.05, 0) is 28.5 Å². The molecular formula is C13H17N5O2. The summed E-state index contributed by atoms with van der Waals surface area (Å²) in [7, 11) is 0. The van der Waals surface area contributed by atoms with Gasteiger partial charge in [-0.3, -0.25) is 0 Å². The topological polar surface area (TPSA) is 107 Å². The minimum Gasteiger partial charge on any atom is -0.480 e. The molecule has 2 aromatic rings. The van der Waals surface area contributed by atoms with E-state index >= 15 is 0 Å². The maximum atomic E-state index is 11.5. The molecule has 3 N–H and O–H groups in total. The van der Waals surface area contributed by atoms with Gasteiger partial charge in [0.1, 0.15) is 0 Å². The molecule has 1 aromatic heterocycles. The second-order valence-corrected chi connectivity index (χ2v) is 4.74. The number of carboxylic acids is 1. The van der Waals surface area contributed by atoms with E-state index in [1.54, 1.807) is 24.3 Å². The molecule has 0 radical (unpaired) electrons. The third-order valence-electron chi connectivity index (χ3n) is 3.34. The number of rotatable bonds is 5. The Morgan fingerprint density at radius 2 is 2.25 bits per heavy atom.